The molecule has 5 heterocycles. The predicted molar refractivity (Wildman–Crippen MR) is 179 cm³/mol. The number of thioether (sulfide) groups is 2. The van der Waals surface area contributed by atoms with Gasteiger partial charge in [-0.3, -0.25) is 14.5 Å². The molecule has 256 valence electrons. The predicted octanol–water partition coefficient (Wildman–Crippen LogP) is -3.80. The number of hydrogen-bond acceptors (Lipinski definition) is 16. The first kappa shape index (κ1) is 37.5. The number of carboxylic acids is 1. The smallest absolute Gasteiger partial charge is 0.549 e. The van der Waals surface area contributed by atoms with Crippen LogP contribution in [-0.2, 0) is 32.3 Å². The molecule has 16 nitrogen and oxygen atoms in total. The van der Waals surface area contributed by atoms with Gasteiger partial charge < -0.3 is 35.6 Å². The molecule has 3 saturated heterocycles. The number of tetrazole rings is 1. The monoisotopic (exact) mass is 737 g/mol. The number of carbonyl (C=O) groups is 3. The quantitative estimate of drug-likeness (QED) is 0.0537. The number of benzene rings is 1. The van der Waals surface area contributed by atoms with Crippen molar-refractivity contribution in [2.45, 2.75) is 36.1 Å². The number of thiazole rings is 1. The zero-order chi connectivity index (χ0) is 33.7. The summed E-state index contributed by atoms with van der Waals surface area (Å²) in [4.78, 5) is 53.9. The number of nitrogens with zero attached hydrogens (tertiary/aromatic N) is 9. The molecule has 2 amide bonds. The van der Waals surface area contributed by atoms with Crippen LogP contribution in [0, 0.1) is 5.41 Å². The molecule has 6 rings (SSSR count). The summed E-state index contributed by atoms with van der Waals surface area (Å²) < 4.78 is 1.70. The molecule has 0 bridgehead atoms. The zero-order valence-electron chi connectivity index (χ0n) is 27.3. The zero-order valence-corrected chi connectivity index (χ0v) is 31.7. The number of nitrogens with one attached hydrogen (secondary N) is 1. The number of aliphatic carboxylic acids is 1. The fraction of sp³-hybridized carbons (Fsp3) is 0.517. The van der Waals surface area contributed by atoms with Gasteiger partial charge in [0, 0.05) is 74.7 Å². The third-order valence-electron chi connectivity index (χ3n) is 8.56. The van der Waals surface area contributed by atoms with Crippen LogP contribution >= 0.6 is 34.9 Å². The van der Waals surface area contributed by atoms with Crippen molar-refractivity contribution in [3.63, 3.8) is 0 Å². The number of piperazine rings is 1. The van der Waals surface area contributed by atoms with Crippen molar-refractivity contribution >= 4 is 63.5 Å². The number of aromatic nitrogens is 5. The van der Waals surface area contributed by atoms with Crippen molar-refractivity contribution in [2.75, 3.05) is 63.6 Å². The van der Waals surface area contributed by atoms with Crippen molar-refractivity contribution in [3.05, 3.63) is 47.0 Å². The topological polar surface area (TPSA) is 200 Å². The Balaban J connectivity index is 0.00000468. The summed E-state index contributed by atoms with van der Waals surface area (Å²) in [5.41, 5.74) is 5.81. The van der Waals surface area contributed by atoms with E-state index in [9.17, 15) is 19.5 Å². The SMILES string of the molecule is CON=C(C(=O)NC1C(=O)N2CC(CSc3nnnn3CCCN3CCN(Cc4ccccc4)CC3)(C(=O)[O-])CS[C@H]12)c1csc(N)n1.[Na+]. The largest absolute Gasteiger partial charge is 1.00 e. The van der Waals surface area contributed by atoms with Gasteiger partial charge in [0.1, 0.15) is 24.2 Å². The Labute approximate surface area is 317 Å². The van der Waals surface area contributed by atoms with Crippen LogP contribution in [0.25, 0.3) is 0 Å². The maximum Gasteiger partial charge on any atom is 1.00 e. The molecule has 1 aromatic carbocycles. The molecule has 3 aliphatic heterocycles. The van der Waals surface area contributed by atoms with Gasteiger partial charge in [-0.15, -0.1) is 28.2 Å². The van der Waals surface area contributed by atoms with Crippen LogP contribution in [0.3, 0.4) is 0 Å². The van der Waals surface area contributed by atoms with E-state index >= 15 is 0 Å². The van der Waals surface area contributed by atoms with Crippen molar-refractivity contribution in [1.82, 2.24) is 45.2 Å². The van der Waals surface area contributed by atoms with Crippen LogP contribution in [0.5, 0.6) is 0 Å². The molecule has 3 fully saturated rings. The van der Waals surface area contributed by atoms with Gasteiger partial charge in [-0.2, -0.15) is 0 Å². The first-order valence-electron chi connectivity index (χ1n) is 15.4. The molecule has 2 unspecified atom stereocenters. The fourth-order valence-corrected chi connectivity index (χ4v) is 9.20. The Hall–Kier alpha value is -2.78. The van der Waals surface area contributed by atoms with Gasteiger partial charge in [0.15, 0.2) is 10.8 Å². The summed E-state index contributed by atoms with van der Waals surface area (Å²) in [7, 11) is 1.29. The molecule has 20 heteroatoms. The minimum atomic E-state index is -1.33. The second-order valence-corrected chi connectivity index (χ2v) is 14.7. The van der Waals surface area contributed by atoms with Gasteiger partial charge in [-0.05, 0) is 22.4 Å². The maximum atomic E-state index is 13.1. The molecule has 3 atom stereocenters. The Morgan fingerprint density at radius 3 is 2.63 bits per heavy atom. The first-order chi connectivity index (χ1) is 23.3. The summed E-state index contributed by atoms with van der Waals surface area (Å²) in [6.07, 6.45) is 0.850. The number of aryl methyl sites for hydroxylation is 1. The molecule has 49 heavy (non-hydrogen) atoms. The number of fused-ring (bicyclic) bond motifs is 1. The number of carbonyl (C=O) groups excluding carboxylic acids is 3. The van der Waals surface area contributed by atoms with Crippen molar-refractivity contribution < 1.29 is 53.9 Å². The second-order valence-electron chi connectivity index (χ2n) is 11.8. The van der Waals surface area contributed by atoms with Gasteiger partial charge in [-0.1, -0.05) is 47.2 Å². The van der Waals surface area contributed by atoms with Crippen LogP contribution < -0.4 is 45.7 Å². The summed E-state index contributed by atoms with van der Waals surface area (Å²) in [6, 6.07) is 9.65. The number of nitrogens with two attached hydrogens (primary N) is 1. The van der Waals surface area contributed by atoms with Crippen LogP contribution in [0.4, 0.5) is 5.13 Å². The van der Waals surface area contributed by atoms with Crippen LogP contribution in [0.1, 0.15) is 17.7 Å². The van der Waals surface area contributed by atoms with E-state index < -0.39 is 34.6 Å². The molecular weight excluding hydrogens is 702 g/mol. The van der Waals surface area contributed by atoms with Crippen LogP contribution in [0.2, 0.25) is 0 Å². The number of nitrogen functional groups attached to an aromatic ring is 1. The Morgan fingerprint density at radius 1 is 1.18 bits per heavy atom. The first-order valence-corrected chi connectivity index (χ1v) is 18.3. The molecular formula is C29H36N11NaO5S3. The summed E-state index contributed by atoms with van der Waals surface area (Å²) >= 11 is 3.67. The van der Waals surface area contributed by atoms with E-state index in [1.54, 1.807) is 10.1 Å². The van der Waals surface area contributed by atoms with Crippen molar-refractivity contribution in [2.24, 2.45) is 10.6 Å². The molecule has 2 aromatic heterocycles. The Morgan fingerprint density at radius 2 is 1.94 bits per heavy atom. The number of anilines is 1. The summed E-state index contributed by atoms with van der Waals surface area (Å²) in [5, 5.41) is 32.9. The Kier molecular flexibility index (Phi) is 13.0. The molecule has 0 radical (unpaired) electrons. The van der Waals surface area contributed by atoms with Crippen LogP contribution in [-0.4, -0.2) is 133 Å². The average molecular weight is 738 g/mol. The maximum absolute atomic E-state index is 13.1. The Bertz CT molecular complexity index is 1640. The third kappa shape index (κ3) is 8.76. The molecule has 0 aliphatic carbocycles. The molecule has 3 aliphatic rings. The number of oxime groups is 1. The number of hydrogen-bond donors (Lipinski definition) is 2. The second kappa shape index (κ2) is 17.0. The molecule has 3 N–H and O–H groups in total. The van der Waals surface area contributed by atoms with E-state index in [1.807, 2.05) is 6.07 Å². The summed E-state index contributed by atoms with van der Waals surface area (Å²) in [6.45, 7) is 6.46. The third-order valence-corrected chi connectivity index (χ3v) is 12.1. The van der Waals surface area contributed by atoms with Gasteiger partial charge >= 0.3 is 29.6 Å². The van der Waals surface area contributed by atoms with E-state index in [4.69, 9.17) is 10.6 Å². The van der Waals surface area contributed by atoms with E-state index in [0.717, 1.165) is 57.0 Å². The normalized spacial score (nSPS) is 22.9. The van der Waals surface area contributed by atoms with Crippen molar-refractivity contribution in [3.8, 4) is 0 Å². The van der Waals surface area contributed by atoms with Crippen LogP contribution in [0.15, 0.2) is 46.0 Å². The fourth-order valence-electron chi connectivity index (χ4n) is 5.90. The molecule has 3 aromatic rings. The standard InChI is InChI=1S/C29H37N11O5S3.Na/c1-45-34-21(20-15-46-27(30)31-20)23(41)32-22-24(42)39-16-29(26(43)44,17-47-25(22)39)18-48-28-33-35-36-40(28)9-5-8-37-10-12-38(13-11-37)14-19-6-3-2-4-7-19;/h2-4,6-7,15,22,25H,5,8-14,16-18H2,1H3,(H2,30,31)(H,32,41)(H,43,44);/q;+1/p-1/t22?,25-,29?;/m1./s1. The van der Waals surface area contributed by atoms with E-state index in [1.165, 1.54) is 41.1 Å². The van der Waals surface area contributed by atoms with Gasteiger partial charge in [-0.25, -0.2) is 9.67 Å². The van der Waals surface area contributed by atoms with E-state index in [2.05, 4.69) is 65.0 Å². The van der Waals surface area contributed by atoms with Gasteiger partial charge in [0.05, 0.1) is 5.97 Å². The van der Waals surface area contributed by atoms with E-state index in [0.29, 0.717) is 11.7 Å². The van der Waals surface area contributed by atoms with Crippen molar-refractivity contribution in [1.29, 1.82) is 0 Å². The number of rotatable bonds is 14. The van der Waals surface area contributed by atoms with Gasteiger partial charge in [0.2, 0.25) is 11.1 Å². The molecule has 0 saturated carbocycles. The average Bonchev–Trinajstić information content (AvgIpc) is 3.74. The van der Waals surface area contributed by atoms with E-state index in [-0.39, 0.29) is 64.1 Å². The molecule has 0 spiro atoms. The van der Waals surface area contributed by atoms with Gasteiger partial charge in [0.25, 0.3) is 5.91 Å². The number of amides is 2. The minimum absolute atomic E-state index is 0. The number of β-lactam (4-membered cyclic amide) rings is 1. The summed E-state index contributed by atoms with van der Waals surface area (Å²) in [5.74, 6) is -1.98. The number of carboxylic acid groups (broad SMARTS) is 1. The minimum Gasteiger partial charge on any atom is -0.549 e.